The number of benzene rings is 3. The minimum absolute atomic E-state index is 0.0801. The van der Waals surface area contributed by atoms with Crippen LogP contribution in [-0.2, 0) is 16.6 Å². The first-order chi connectivity index (χ1) is 12.9. The van der Waals surface area contributed by atoms with Gasteiger partial charge in [0, 0.05) is 0 Å². The van der Waals surface area contributed by atoms with E-state index in [1.165, 1.54) is 49.6 Å². The Labute approximate surface area is 156 Å². The molecule has 0 fully saturated rings. The van der Waals surface area contributed by atoms with Gasteiger partial charge in [0.1, 0.15) is 22.3 Å². The van der Waals surface area contributed by atoms with Crippen molar-refractivity contribution in [3.63, 3.8) is 0 Å². The largest absolute Gasteiger partial charge is 0.497 e. The number of methoxy groups -OCH3 is 1. The molecule has 0 heterocycles. The van der Waals surface area contributed by atoms with Gasteiger partial charge in [0.25, 0.3) is 10.0 Å². The van der Waals surface area contributed by atoms with Gasteiger partial charge in [-0.1, -0.05) is 24.3 Å². The first-order valence-corrected chi connectivity index (χ1v) is 9.51. The van der Waals surface area contributed by atoms with Crippen LogP contribution in [-0.4, -0.2) is 15.5 Å². The first-order valence-electron chi connectivity index (χ1n) is 8.07. The molecule has 0 unspecified atom stereocenters. The van der Waals surface area contributed by atoms with E-state index in [1.54, 1.807) is 24.3 Å². The lowest BCUT2D eigenvalue weighted by molar-refractivity contribution is 0.415. The second-order valence-corrected chi connectivity index (χ2v) is 7.60. The lowest BCUT2D eigenvalue weighted by Crippen LogP contribution is -2.31. The summed E-state index contributed by atoms with van der Waals surface area (Å²) in [4.78, 5) is -0.428. The number of halogens is 2. The molecule has 0 aromatic heterocycles. The van der Waals surface area contributed by atoms with Crippen molar-refractivity contribution in [1.82, 2.24) is 0 Å². The summed E-state index contributed by atoms with van der Waals surface area (Å²) in [6.07, 6.45) is 0. The summed E-state index contributed by atoms with van der Waals surface area (Å²) >= 11 is 0. The van der Waals surface area contributed by atoms with Gasteiger partial charge in [-0.2, -0.15) is 0 Å². The van der Waals surface area contributed by atoms with Gasteiger partial charge < -0.3 is 4.74 Å². The van der Waals surface area contributed by atoms with Gasteiger partial charge in [0.2, 0.25) is 0 Å². The lowest BCUT2D eigenvalue weighted by Gasteiger charge is -2.25. The van der Waals surface area contributed by atoms with Gasteiger partial charge in [0.15, 0.2) is 0 Å². The molecular formula is C20H17F2NO3S. The molecule has 0 aliphatic rings. The number of rotatable bonds is 6. The molecule has 0 saturated carbocycles. The Morgan fingerprint density at radius 2 is 1.52 bits per heavy atom. The Morgan fingerprint density at radius 1 is 0.889 bits per heavy atom. The van der Waals surface area contributed by atoms with E-state index in [-0.39, 0.29) is 6.54 Å². The number of hydrogen-bond donors (Lipinski definition) is 0. The number of anilines is 1. The molecule has 4 nitrogen and oxygen atoms in total. The average Bonchev–Trinajstić information content (AvgIpc) is 2.68. The topological polar surface area (TPSA) is 46.6 Å². The zero-order valence-corrected chi connectivity index (χ0v) is 15.3. The van der Waals surface area contributed by atoms with E-state index in [2.05, 4.69) is 0 Å². The van der Waals surface area contributed by atoms with E-state index in [9.17, 15) is 17.2 Å². The van der Waals surface area contributed by atoms with Crippen LogP contribution in [0.4, 0.5) is 14.5 Å². The highest BCUT2D eigenvalue weighted by atomic mass is 32.2. The predicted octanol–water partition coefficient (Wildman–Crippen LogP) is 4.37. The van der Waals surface area contributed by atoms with Crippen molar-refractivity contribution in [2.45, 2.75) is 11.4 Å². The lowest BCUT2D eigenvalue weighted by atomic mass is 10.2. The number of hydrogen-bond acceptors (Lipinski definition) is 3. The van der Waals surface area contributed by atoms with Gasteiger partial charge in [-0.3, -0.25) is 4.31 Å². The fourth-order valence-electron chi connectivity index (χ4n) is 2.59. The molecule has 0 atom stereocenters. The SMILES string of the molecule is COc1ccc(N(Cc2ccc(F)cc2)S(=O)(=O)c2ccccc2F)cc1. The van der Waals surface area contributed by atoms with Crippen molar-refractivity contribution < 1.29 is 21.9 Å². The Hall–Kier alpha value is -2.93. The summed E-state index contributed by atoms with van der Waals surface area (Å²) in [6.45, 7) is -0.0801. The van der Waals surface area contributed by atoms with Crippen LogP contribution >= 0.6 is 0 Å². The van der Waals surface area contributed by atoms with Gasteiger partial charge in [0.05, 0.1) is 19.3 Å². The molecule has 0 amide bonds. The monoisotopic (exact) mass is 389 g/mol. The molecule has 3 aromatic carbocycles. The van der Waals surface area contributed by atoms with Crippen LogP contribution in [0.3, 0.4) is 0 Å². The van der Waals surface area contributed by atoms with Crippen molar-refractivity contribution in [3.05, 3.63) is 90.0 Å². The molecule has 0 bridgehead atoms. The average molecular weight is 389 g/mol. The zero-order chi connectivity index (χ0) is 19.4. The minimum atomic E-state index is -4.19. The molecule has 3 aromatic rings. The zero-order valence-electron chi connectivity index (χ0n) is 14.5. The van der Waals surface area contributed by atoms with Gasteiger partial charge in [-0.25, -0.2) is 17.2 Å². The third-order valence-corrected chi connectivity index (χ3v) is 5.81. The van der Waals surface area contributed by atoms with Crippen LogP contribution in [0.1, 0.15) is 5.56 Å². The molecular weight excluding hydrogens is 372 g/mol. The quantitative estimate of drug-likeness (QED) is 0.629. The second kappa shape index (κ2) is 7.75. The summed E-state index contributed by atoms with van der Waals surface area (Å²) in [5, 5.41) is 0. The number of sulfonamides is 1. The van der Waals surface area contributed by atoms with E-state index in [0.717, 1.165) is 10.4 Å². The minimum Gasteiger partial charge on any atom is -0.497 e. The molecule has 27 heavy (non-hydrogen) atoms. The molecule has 0 aliphatic carbocycles. The number of ether oxygens (including phenoxy) is 1. The van der Waals surface area contributed by atoms with Crippen molar-refractivity contribution in [1.29, 1.82) is 0 Å². The van der Waals surface area contributed by atoms with Gasteiger partial charge in [-0.15, -0.1) is 0 Å². The summed E-state index contributed by atoms with van der Waals surface area (Å²) in [7, 11) is -2.69. The Kier molecular flexibility index (Phi) is 5.41. The summed E-state index contributed by atoms with van der Waals surface area (Å²) in [5.41, 5.74) is 0.899. The molecule has 0 aliphatic heterocycles. The molecule has 0 saturated heterocycles. The van der Waals surface area contributed by atoms with Crippen LogP contribution in [0.5, 0.6) is 5.75 Å². The normalized spacial score (nSPS) is 11.2. The van der Waals surface area contributed by atoms with E-state index >= 15 is 0 Å². The van der Waals surface area contributed by atoms with Crippen molar-refractivity contribution in [3.8, 4) is 5.75 Å². The number of nitrogens with zero attached hydrogens (tertiary/aromatic N) is 1. The Balaban J connectivity index is 2.08. The summed E-state index contributed by atoms with van der Waals surface area (Å²) in [6, 6.07) is 17.0. The van der Waals surface area contributed by atoms with Crippen LogP contribution in [0.25, 0.3) is 0 Å². The van der Waals surface area contributed by atoms with Crippen LogP contribution < -0.4 is 9.04 Å². The highest BCUT2D eigenvalue weighted by molar-refractivity contribution is 7.92. The van der Waals surface area contributed by atoms with E-state index < -0.39 is 26.6 Å². The highest BCUT2D eigenvalue weighted by Crippen LogP contribution is 2.28. The predicted molar refractivity (Wildman–Crippen MR) is 99.2 cm³/mol. The maximum absolute atomic E-state index is 14.2. The molecule has 140 valence electrons. The molecule has 0 spiro atoms. The smallest absolute Gasteiger partial charge is 0.267 e. The summed E-state index contributed by atoms with van der Waals surface area (Å²) < 4.78 is 59.9. The molecule has 0 N–H and O–H groups in total. The van der Waals surface area contributed by atoms with E-state index in [0.29, 0.717) is 17.0 Å². The fourth-order valence-corrected chi connectivity index (χ4v) is 4.11. The van der Waals surface area contributed by atoms with Crippen molar-refractivity contribution in [2.75, 3.05) is 11.4 Å². The van der Waals surface area contributed by atoms with E-state index in [1.807, 2.05) is 0 Å². The third-order valence-electron chi connectivity index (χ3n) is 4.00. The molecule has 7 heteroatoms. The van der Waals surface area contributed by atoms with Crippen LogP contribution in [0.2, 0.25) is 0 Å². The Bertz CT molecular complexity index is 1020. The van der Waals surface area contributed by atoms with Crippen molar-refractivity contribution >= 4 is 15.7 Å². The van der Waals surface area contributed by atoms with Crippen molar-refractivity contribution in [2.24, 2.45) is 0 Å². The van der Waals surface area contributed by atoms with Gasteiger partial charge >= 0.3 is 0 Å². The standard InChI is InChI=1S/C20H17F2NO3S/c1-26-18-12-10-17(11-13-18)23(14-15-6-8-16(21)9-7-15)27(24,25)20-5-3-2-4-19(20)22/h2-13H,14H2,1H3. The Morgan fingerprint density at radius 3 is 2.11 bits per heavy atom. The summed E-state index contributed by atoms with van der Waals surface area (Å²) in [5.74, 6) is -0.703. The van der Waals surface area contributed by atoms with Crippen LogP contribution in [0.15, 0.2) is 77.7 Å². The third kappa shape index (κ3) is 4.09. The van der Waals surface area contributed by atoms with Gasteiger partial charge in [-0.05, 0) is 54.1 Å². The molecule has 0 radical (unpaired) electrons. The fraction of sp³-hybridized carbons (Fsp3) is 0.100. The highest BCUT2D eigenvalue weighted by Gasteiger charge is 2.28. The molecule has 3 rings (SSSR count). The van der Waals surface area contributed by atoms with E-state index in [4.69, 9.17) is 4.74 Å². The second-order valence-electron chi connectivity index (χ2n) is 5.77. The van der Waals surface area contributed by atoms with Crippen LogP contribution in [0, 0.1) is 11.6 Å². The first kappa shape index (κ1) is 18.8. The maximum Gasteiger partial charge on any atom is 0.267 e. The maximum atomic E-state index is 14.2.